The van der Waals surface area contributed by atoms with Crippen molar-refractivity contribution >= 4 is 34.5 Å². The standard InChI is InChI=1S/C14H22N2OS2/c1-2-3-4-5-9-16(10-8-13(15)18)14(17)12-7-6-11-19-12/h6-7,11H,2-5,8-10H2,1H3,(H2,15,18). The first kappa shape index (κ1) is 16.1. The highest BCUT2D eigenvalue weighted by molar-refractivity contribution is 7.80. The van der Waals surface area contributed by atoms with Gasteiger partial charge in [-0.05, 0) is 17.9 Å². The van der Waals surface area contributed by atoms with Crippen LogP contribution in [0.1, 0.15) is 48.7 Å². The van der Waals surface area contributed by atoms with Crippen molar-refractivity contribution in [2.75, 3.05) is 13.1 Å². The quantitative estimate of drug-likeness (QED) is 0.561. The normalized spacial score (nSPS) is 10.4. The summed E-state index contributed by atoms with van der Waals surface area (Å²) in [5, 5.41) is 1.93. The molecular formula is C14H22N2OS2. The Hall–Kier alpha value is -0.940. The molecule has 106 valence electrons. The highest BCUT2D eigenvalue weighted by Gasteiger charge is 2.16. The first-order valence-electron chi connectivity index (χ1n) is 6.76. The number of hydrogen-bond donors (Lipinski definition) is 1. The fourth-order valence-corrected chi connectivity index (χ4v) is 2.63. The molecule has 1 aromatic heterocycles. The summed E-state index contributed by atoms with van der Waals surface area (Å²) in [6, 6.07) is 3.77. The third-order valence-electron chi connectivity index (χ3n) is 2.93. The van der Waals surface area contributed by atoms with Crippen LogP contribution in [0.15, 0.2) is 17.5 Å². The first-order valence-corrected chi connectivity index (χ1v) is 8.05. The summed E-state index contributed by atoms with van der Waals surface area (Å²) in [5.41, 5.74) is 5.53. The average Bonchev–Trinajstić information content (AvgIpc) is 2.90. The molecule has 1 amide bonds. The second-order valence-corrected chi connectivity index (χ2v) is 6.02. The lowest BCUT2D eigenvalue weighted by atomic mass is 10.2. The summed E-state index contributed by atoms with van der Waals surface area (Å²) in [6.45, 7) is 3.60. The molecule has 0 aliphatic carbocycles. The highest BCUT2D eigenvalue weighted by atomic mass is 32.1. The van der Waals surface area contributed by atoms with Crippen molar-refractivity contribution in [3.63, 3.8) is 0 Å². The number of rotatable bonds is 9. The van der Waals surface area contributed by atoms with Crippen molar-refractivity contribution in [2.45, 2.75) is 39.0 Å². The second kappa shape index (κ2) is 9.04. The van der Waals surface area contributed by atoms with Crippen molar-refractivity contribution in [2.24, 2.45) is 5.73 Å². The van der Waals surface area contributed by atoms with Gasteiger partial charge in [0.1, 0.15) is 0 Å². The Bertz CT molecular complexity index is 390. The van der Waals surface area contributed by atoms with Crippen molar-refractivity contribution in [1.29, 1.82) is 0 Å². The van der Waals surface area contributed by atoms with E-state index in [2.05, 4.69) is 6.92 Å². The summed E-state index contributed by atoms with van der Waals surface area (Å²) < 4.78 is 0. The third-order valence-corrected chi connectivity index (χ3v) is 3.99. The molecule has 0 aliphatic heterocycles. The van der Waals surface area contributed by atoms with Gasteiger partial charge in [0.15, 0.2) is 0 Å². The summed E-state index contributed by atoms with van der Waals surface area (Å²) in [6.07, 6.45) is 5.22. The van der Waals surface area contributed by atoms with Crippen LogP contribution >= 0.6 is 23.6 Å². The summed E-state index contributed by atoms with van der Waals surface area (Å²) in [4.78, 5) is 15.5. The van der Waals surface area contributed by atoms with E-state index in [1.807, 2.05) is 22.4 Å². The van der Waals surface area contributed by atoms with Gasteiger partial charge in [-0.1, -0.05) is 44.5 Å². The number of amides is 1. The molecule has 5 heteroatoms. The van der Waals surface area contributed by atoms with E-state index in [4.69, 9.17) is 18.0 Å². The molecular weight excluding hydrogens is 276 g/mol. The zero-order valence-corrected chi connectivity index (χ0v) is 13.1. The SMILES string of the molecule is CCCCCCN(CCC(N)=S)C(=O)c1cccs1. The predicted octanol–water partition coefficient (Wildman–Crippen LogP) is 3.45. The second-order valence-electron chi connectivity index (χ2n) is 4.55. The summed E-state index contributed by atoms with van der Waals surface area (Å²) in [7, 11) is 0. The minimum atomic E-state index is 0.0998. The molecule has 0 atom stereocenters. The van der Waals surface area contributed by atoms with Crippen molar-refractivity contribution in [3.05, 3.63) is 22.4 Å². The number of hydrogen-bond acceptors (Lipinski definition) is 3. The molecule has 2 N–H and O–H groups in total. The van der Waals surface area contributed by atoms with Gasteiger partial charge in [-0.2, -0.15) is 0 Å². The monoisotopic (exact) mass is 298 g/mol. The van der Waals surface area contributed by atoms with Crippen LogP contribution in [0, 0.1) is 0 Å². The Morgan fingerprint density at radius 3 is 2.74 bits per heavy atom. The molecule has 0 saturated carbocycles. The van der Waals surface area contributed by atoms with Gasteiger partial charge in [-0.3, -0.25) is 4.79 Å². The molecule has 3 nitrogen and oxygen atoms in total. The molecule has 0 spiro atoms. The van der Waals surface area contributed by atoms with Crippen LogP contribution in [-0.4, -0.2) is 28.9 Å². The number of carbonyl (C=O) groups is 1. The van der Waals surface area contributed by atoms with E-state index in [1.54, 1.807) is 0 Å². The lowest BCUT2D eigenvalue weighted by Gasteiger charge is -2.22. The number of nitrogens with zero attached hydrogens (tertiary/aromatic N) is 1. The van der Waals surface area contributed by atoms with E-state index >= 15 is 0 Å². The van der Waals surface area contributed by atoms with Crippen molar-refractivity contribution in [3.8, 4) is 0 Å². The molecule has 1 aromatic rings. The number of thiocarbonyl (C=S) groups is 1. The maximum atomic E-state index is 12.3. The molecule has 0 unspecified atom stereocenters. The van der Waals surface area contributed by atoms with Crippen molar-refractivity contribution < 1.29 is 4.79 Å². The molecule has 0 aromatic carbocycles. The minimum absolute atomic E-state index is 0.0998. The molecule has 0 fully saturated rings. The maximum Gasteiger partial charge on any atom is 0.263 e. The van der Waals surface area contributed by atoms with Crippen LogP contribution in [-0.2, 0) is 0 Å². The zero-order chi connectivity index (χ0) is 14.1. The fourth-order valence-electron chi connectivity index (χ4n) is 1.85. The maximum absolute atomic E-state index is 12.3. The fraction of sp³-hybridized carbons (Fsp3) is 0.571. The van der Waals surface area contributed by atoms with Crippen molar-refractivity contribution in [1.82, 2.24) is 4.90 Å². The van der Waals surface area contributed by atoms with Gasteiger partial charge < -0.3 is 10.6 Å². The Labute approximate surface area is 124 Å². The largest absolute Gasteiger partial charge is 0.393 e. The van der Waals surface area contributed by atoms with Gasteiger partial charge in [0.2, 0.25) is 0 Å². The van der Waals surface area contributed by atoms with Gasteiger partial charge in [-0.15, -0.1) is 11.3 Å². The average molecular weight is 298 g/mol. The Balaban J connectivity index is 2.52. The van der Waals surface area contributed by atoms with Crippen LogP contribution in [0.3, 0.4) is 0 Å². The molecule has 0 bridgehead atoms. The van der Waals surface area contributed by atoms with Gasteiger partial charge in [-0.25, -0.2) is 0 Å². The smallest absolute Gasteiger partial charge is 0.263 e. The number of unbranched alkanes of at least 4 members (excludes halogenated alkanes) is 3. The van der Waals surface area contributed by atoms with Crippen LogP contribution in [0.5, 0.6) is 0 Å². The first-order chi connectivity index (χ1) is 9.15. The van der Waals surface area contributed by atoms with E-state index in [1.165, 1.54) is 24.2 Å². The van der Waals surface area contributed by atoms with E-state index in [9.17, 15) is 4.79 Å². The van der Waals surface area contributed by atoms with Gasteiger partial charge in [0.25, 0.3) is 5.91 Å². The molecule has 19 heavy (non-hydrogen) atoms. The predicted molar refractivity (Wildman–Crippen MR) is 85.8 cm³/mol. The third kappa shape index (κ3) is 6.16. The van der Waals surface area contributed by atoms with E-state index in [-0.39, 0.29) is 5.91 Å². The molecule has 0 aliphatic rings. The number of thiophene rings is 1. The zero-order valence-electron chi connectivity index (χ0n) is 11.4. The number of nitrogens with two attached hydrogens (primary N) is 1. The topological polar surface area (TPSA) is 46.3 Å². The van der Waals surface area contributed by atoms with E-state index in [0.717, 1.165) is 24.3 Å². The van der Waals surface area contributed by atoms with E-state index in [0.29, 0.717) is 18.0 Å². The van der Waals surface area contributed by atoms with Gasteiger partial charge in [0.05, 0.1) is 9.87 Å². The lowest BCUT2D eigenvalue weighted by Crippen LogP contribution is -2.34. The Kier molecular flexibility index (Phi) is 7.67. The number of carbonyl (C=O) groups excluding carboxylic acids is 1. The molecule has 1 rings (SSSR count). The molecule has 0 saturated heterocycles. The van der Waals surface area contributed by atoms with Crippen LogP contribution in [0.4, 0.5) is 0 Å². The van der Waals surface area contributed by atoms with Crippen LogP contribution in [0.2, 0.25) is 0 Å². The van der Waals surface area contributed by atoms with E-state index < -0.39 is 0 Å². The Morgan fingerprint density at radius 2 is 2.16 bits per heavy atom. The van der Waals surface area contributed by atoms with Crippen LogP contribution < -0.4 is 5.73 Å². The molecule has 0 radical (unpaired) electrons. The lowest BCUT2D eigenvalue weighted by molar-refractivity contribution is 0.0762. The minimum Gasteiger partial charge on any atom is -0.393 e. The summed E-state index contributed by atoms with van der Waals surface area (Å²) >= 11 is 6.38. The Morgan fingerprint density at radius 1 is 1.37 bits per heavy atom. The van der Waals surface area contributed by atoms with Gasteiger partial charge in [0, 0.05) is 19.5 Å². The highest BCUT2D eigenvalue weighted by Crippen LogP contribution is 2.13. The summed E-state index contributed by atoms with van der Waals surface area (Å²) in [5.74, 6) is 0.0998. The molecule has 1 heterocycles. The van der Waals surface area contributed by atoms with Crippen LogP contribution in [0.25, 0.3) is 0 Å². The van der Waals surface area contributed by atoms with Gasteiger partial charge >= 0.3 is 0 Å².